The van der Waals surface area contributed by atoms with E-state index >= 15 is 0 Å². The number of halogens is 3. The van der Waals surface area contributed by atoms with Gasteiger partial charge in [0.2, 0.25) is 0 Å². The minimum Gasteiger partial charge on any atom is -0.459 e. The van der Waals surface area contributed by atoms with Crippen LogP contribution in [0.25, 0.3) is 0 Å². The van der Waals surface area contributed by atoms with E-state index in [1.165, 1.54) is 30.7 Å². The van der Waals surface area contributed by atoms with Gasteiger partial charge < -0.3 is 14.8 Å². The summed E-state index contributed by atoms with van der Waals surface area (Å²) in [5.74, 6) is -0.850. The van der Waals surface area contributed by atoms with Gasteiger partial charge in [0.15, 0.2) is 5.11 Å². The summed E-state index contributed by atoms with van der Waals surface area (Å²) >= 11 is 5.42. The molecule has 0 saturated carbocycles. The van der Waals surface area contributed by atoms with Crippen LogP contribution in [0.5, 0.6) is 0 Å². The van der Waals surface area contributed by atoms with Gasteiger partial charge in [0, 0.05) is 25.3 Å². The first-order chi connectivity index (χ1) is 19.0. The summed E-state index contributed by atoms with van der Waals surface area (Å²) in [4.78, 5) is 30.0. The van der Waals surface area contributed by atoms with Gasteiger partial charge in [0.25, 0.3) is 0 Å². The number of nitrogens with one attached hydrogen (secondary N) is 1. The van der Waals surface area contributed by atoms with E-state index in [9.17, 15) is 22.8 Å². The second-order valence-corrected chi connectivity index (χ2v) is 10.5. The topological polar surface area (TPSA) is 71.1 Å². The Morgan fingerprint density at radius 1 is 1.05 bits per heavy atom. The van der Waals surface area contributed by atoms with Gasteiger partial charge >= 0.3 is 18.2 Å². The van der Waals surface area contributed by atoms with Crippen molar-refractivity contribution in [1.82, 2.24) is 15.1 Å². The molecule has 40 heavy (non-hydrogen) atoms. The van der Waals surface area contributed by atoms with Crippen LogP contribution in [0.2, 0.25) is 0 Å². The number of thiocarbonyl (C=S) groups is 1. The van der Waals surface area contributed by atoms with Crippen molar-refractivity contribution in [2.75, 3.05) is 13.1 Å². The van der Waals surface area contributed by atoms with E-state index in [4.69, 9.17) is 21.7 Å². The molecule has 214 valence electrons. The molecule has 0 bridgehead atoms. The molecule has 1 atom stereocenters. The summed E-state index contributed by atoms with van der Waals surface area (Å²) in [5, 5.41) is 2.63. The normalized spacial score (nSPS) is 19.0. The summed E-state index contributed by atoms with van der Waals surface area (Å²) in [5.41, 5.74) is -0.0516. The van der Waals surface area contributed by atoms with Gasteiger partial charge in [-0.15, -0.1) is 0 Å². The van der Waals surface area contributed by atoms with Crippen molar-refractivity contribution in [3.05, 3.63) is 82.6 Å². The zero-order chi connectivity index (χ0) is 29.0. The van der Waals surface area contributed by atoms with Crippen LogP contribution in [0.4, 0.5) is 18.0 Å². The fraction of sp³-hybridized carbons (Fsp3) is 0.414. The molecule has 0 aliphatic carbocycles. The summed E-state index contributed by atoms with van der Waals surface area (Å²) < 4.78 is 53.5. The molecule has 1 saturated heterocycles. The zero-order valence-corrected chi connectivity index (χ0v) is 23.3. The van der Waals surface area contributed by atoms with Crippen molar-refractivity contribution >= 4 is 29.4 Å². The molecule has 2 aromatic carbocycles. The Kier molecular flexibility index (Phi) is 9.15. The van der Waals surface area contributed by atoms with Crippen molar-refractivity contribution in [1.29, 1.82) is 0 Å². The maximum atomic E-state index is 14.1. The summed E-state index contributed by atoms with van der Waals surface area (Å²) in [6.07, 6.45) is -5.57. The van der Waals surface area contributed by atoms with Gasteiger partial charge in [-0.2, -0.15) is 13.2 Å². The van der Waals surface area contributed by atoms with Gasteiger partial charge in [-0.3, -0.25) is 4.90 Å². The molecule has 0 aromatic heterocycles. The van der Waals surface area contributed by atoms with E-state index in [2.05, 4.69) is 10.2 Å². The van der Waals surface area contributed by atoms with E-state index in [0.29, 0.717) is 25.9 Å². The Hall–Kier alpha value is -3.44. The number of likely N-dealkylation sites (tertiary alicyclic amines) is 1. The van der Waals surface area contributed by atoms with Crippen molar-refractivity contribution in [3.63, 3.8) is 0 Å². The molecule has 2 aliphatic heterocycles. The molecule has 11 heteroatoms. The molecule has 2 aromatic rings. The number of benzene rings is 2. The zero-order valence-electron chi connectivity index (χ0n) is 22.5. The quantitative estimate of drug-likeness (QED) is 0.337. The molecule has 4 rings (SSSR count). The minimum absolute atomic E-state index is 0.145. The van der Waals surface area contributed by atoms with E-state index in [0.717, 1.165) is 17.5 Å². The predicted molar refractivity (Wildman–Crippen MR) is 147 cm³/mol. The maximum Gasteiger partial charge on any atom is 0.417 e. The second kappa shape index (κ2) is 12.4. The number of ether oxygens (including phenoxy) is 2. The molecule has 1 unspecified atom stereocenters. The highest BCUT2D eigenvalue weighted by Gasteiger charge is 2.46. The Balaban J connectivity index is 1.60. The number of hydrogen-bond acceptors (Lipinski definition) is 6. The summed E-state index contributed by atoms with van der Waals surface area (Å²) in [6.45, 7) is 6.90. The third-order valence-corrected chi connectivity index (χ3v) is 7.12. The third kappa shape index (κ3) is 6.82. The highest BCUT2D eigenvalue weighted by Crippen LogP contribution is 2.42. The predicted octanol–water partition coefficient (Wildman–Crippen LogP) is 5.96. The second-order valence-electron chi connectivity index (χ2n) is 10.1. The van der Waals surface area contributed by atoms with E-state index in [1.54, 1.807) is 13.8 Å². The number of allylic oxidation sites excluding steroid dienone is 1. The molecule has 0 spiro atoms. The van der Waals surface area contributed by atoms with Crippen LogP contribution in [0.3, 0.4) is 0 Å². The Labute approximate surface area is 236 Å². The van der Waals surface area contributed by atoms with E-state index in [1.807, 2.05) is 30.3 Å². The largest absolute Gasteiger partial charge is 0.459 e. The first-order valence-corrected chi connectivity index (χ1v) is 13.5. The molecule has 2 heterocycles. The van der Waals surface area contributed by atoms with Crippen LogP contribution in [-0.2, 0) is 27.0 Å². The van der Waals surface area contributed by atoms with Crippen LogP contribution in [-0.4, -0.2) is 52.3 Å². The number of nitrogens with zero attached hydrogens (tertiary/aromatic N) is 2. The van der Waals surface area contributed by atoms with Crippen molar-refractivity contribution in [3.8, 4) is 0 Å². The fourth-order valence-corrected chi connectivity index (χ4v) is 5.32. The van der Waals surface area contributed by atoms with Gasteiger partial charge in [-0.25, -0.2) is 14.5 Å². The highest BCUT2D eigenvalue weighted by atomic mass is 32.1. The molecular formula is C29H32F3N3O4S. The minimum atomic E-state index is -4.74. The summed E-state index contributed by atoms with van der Waals surface area (Å²) in [7, 11) is 0. The Bertz CT molecular complexity index is 1270. The average molecular weight is 576 g/mol. The van der Waals surface area contributed by atoms with Gasteiger partial charge in [0.1, 0.15) is 12.1 Å². The number of carbonyl (C=O) groups is 2. The number of piperidine rings is 1. The smallest absolute Gasteiger partial charge is 0.417 e. The molecule has 1 amide bonds. The average Bonchev–Trinajstić information content (AvgIpc) is 2.89. The first-order valence-electron chi connectivity index (χ1n) is 13.1. The summed E-state index contributed by atoms with van der Waals surface area (Å²) in [6, 6.07) is 13.3. The molecule has 0 radical (unpaired) electrons. The SMILES string of the molecule is CC1=C(C(=O)OC(C)C)C(c2ccccc2C(F)(F)F)N(C(=O)OC2CCN(Cc3ccccc3)CC2)C(=S)N1. The van der Waals surface area contributed by atoms with Crippen molar-refractivity contribution < 1.29 is 32.2 Å². The lowest BCUT2D eigenvalue weighted by Gasteiger charge is -2.40. The van der Waals surface area contributed by atoms with Crippen LogP contribution in [0.15, 0.2) is 65.9 Å². The lowest BCUT2D eigenvalue weighted by Crippen LogP contribution is -2.52. The molecule has 1 fully saturated rings. The number of esters is 1. The van der Waals surface area contributed by atoms with E-state index in [-0.39, 0.29) is 21.9 Å². The van der Waals surface area contributed by atoms with Gasteiger partial charge in [-0.05, 0) is 63.0 Å². The number of amides is 1. The molecule has 1 N–H and O–H groups in total. The third-order valence-electron chi connectivity index (χ3n) is 6.82. The molecule has 7 nitrogen and oxygen atoms in total. The van der Waals surface area contributed by atoms with Crippen molar-refractivity contribution in [2.24, 2.45) is 0 Å². The standard InChI is InChI=1S/C29H32F3N3O4S/c1-18(2)38-26(36)24-19(3)33-27(40)35(25(24)22-11-7-8-12-23(22)29(30,31)32)28(37)39-21-13-15-34(16-14-21)17-20-9-5-4-6-10-20/h4-12,18,21,25H,13-17H2,1-3H3,(H,33,40). The van der Waals surface area contributed by atoms with Crippen molar-refractivity contribution in [2.45, 2.75) is 64.6 Å². The first kappa shape index (κ1) is 29.5. The number of hydrogen-bond donors (Lipinski definition) is 1. The molecular weight excluding hydrogens is 543 g/mol. The Morgan fingerprint density at radius 3 is 2.30 bits per heavy atom. The monoisotopic (exact) mass is 575 g/mol. The van der Waals surface area contributed by atoms with Gasteiger partial charge in [-0.1, -0.05) is 48.5 Å². The Morgan fingerprint density at radius 2 is 1.68 bits per heavy atom. The number of carbonyl (C=O) groups excluding carboxylic acids is 2. The maximum absolute atomic E-state index is 14.1. The lowest BCUT2D eigenvalue weighted by atomic mass is 9.90. The van der Waals surface area contributed by atoms with Crippen LogP contribution >= 0.6 is 12.2 Å². The van der Waals surface area contributed by atoms with Gasteiger partial charge in [0.05, 0.1) is 17.2 Å². The van der Waals surface area contributed by atoms with Crippen LogP contribution < -0.4 is 5.32 Å². The highest BCUT2D eigenvalue weighted by molar-refractivity contribution is 7.80. The fourth-order valence-electron chi connectivity index (χ4n) is 4.98. The molecule has 2 aliphatic rings. The number of rotatable bonds is 6. The van der Waals surface area contributed by atoms with E-state index < -0.39 is 42.1 Å². The van der Waals surface area contributed by atoms with Crippen LogP contribution in [0, 0.1) is 0 Å². The van der Waals surface area contributed by atoms with Crippen LogP contribution in [0.1, 0.15) is 56.3 Å². The lowest BCUT2D eigenvalue weighted by molar-refractivity contribution is -0.144. The number of alkyl halides is 3.